The number of benzene rings is 2. The molecule has 206 valence electrons. The highest BCUT2D eigenvalue weighted by molar-refractivity contribution is 6.06. The van der Waals surface area contributed by atoms with Gasteiger partial charge in [-0.15, -0.1) is 0 Å². The van der Waals surface area contributed by atoms with E-state index in [4.69, 9.17) is 9.47 Å². The third-order valence-electron chi connectivity index (χ3n) is 6.99. The van der Waals surface area contributed by atoms with Crippen LogP contribution in [0.3, 0.4) is 0 Å². The maximum atomic E-state index is 13.3. The van der Waals surface area contributed by atoms with E-state index < -0.39 is 23.3 Å². The van der Waals surface area contributed by atoms with Crippen LogP contribution in [0.15, 0.2) is 48.5 Å². The smallest absolute Gasteiger partial charge is 0.321 e. The number of esters is 1. The highest BCUT2D eigenvalue weighted by atomic mass is 16.5. The first-order valence-electron chi connectivity index (χ1n) is 13.5. The number of aryl methyl sites for hydroxylation is 1. The molecule has 2 aromatic rings. The fourth-order valence-electron chi connectivity index (χ4n) is 4.46. The van der Waals surface area contributed by atoms with E-state index in [0.29, 0.717) is 31.6 Å². The molecule has 1 aliphatic carbocycles. The Morgan fingerprint density at radius 2 is 1.74 bits per heavy atom. The minimum absolute atomic E-state index is 0.217. The zero-order valence-corrected chi connectivity index (χ0v) is 23.0. The summed E-state index contributed by atoms with van der Waals surface area (Å²) in [5, 5.41) is 5.80. The first kappa shape index (κ1) is 29.2. The molecular formula is C30H41N3O5. The van der Waals surface area contributed by atoms with Crippen molar-refractivity contribution in [2.75, 3.05) is 32.6 Å². The van der Waals surface area contributed by atoms with Gasteiger partial charge in [0.25, 0.3) is 0 Å². The van der Waals surface area contributed by atoms with Gasteiger partial charge in [-0.05, 0) is 95.9 Å². The van der Waals surface area contributed by atoms with Gasteiger partial charge in [0, 0.05) is 5.69 Å². The number of hydrogen-bond donors (Lipinski definition) is 2. The molecule has 1 atom stereocenters. The molecule has 1 saturated carbocycles. The highest BCUT2D eigenvalue weighted by Crippen LogP contribution is 2.42. The van der Waals surface area contributed by atoms with Crippen LogP contribution in [-0.4, -0.2) is 56.0 Å². The molecule has 2 N–H and O–H groups in total. The summed E-state index contributed by atoms with van der Waals surface area (Å²) >= 11 is 0. The molecular weight excluding hydrogens is 482 g/mol. The molecule has 2 aromatic carbocycles. The number of hydrogen-bond acceptors (Lipinski definition) is 6. The Bertz CT molecular complexity index is 1080. The summed E-state index contributed by atoms with van der Waals surface area (Å²) in [6, 6.07) is 14.6. The number of para-hydroxylation sites is 1. The molecule has 0 aromatic heterocycles. The van der Waals surface area contributed by atoms with Gasteiger partial charge in [-0.2, -0.15) is 0 Å². The quantitative estimate of drug-likeness (QED) is 0.216. The Morgan fingerprint density at radius 1 is 1.03 bits per heavy atom. The molecule has 0 spiro atoms. The molecule has 2 amide bonds. The zero-order valence-electron chi connectivity index (χ0n) is 23.0. The minimum atomic E-state index is -1.18. The third-order valence-corrected chi connectivity index (χ3v) is 6.99. The van der Waals surface area contributed by atoms with Crippen molar-refractivity contribution >= 4 is 23.5 Å². The second-order valence-corrected chi connectivity index (χ2v) is 10.2. The molecule has 8 heteroatoms. The van der Waals surface area contributed by atoms with Gasteiger partial charge in [0.05, 0.1) is 6.61 Å². The van der Waals surface area contributed by atoms with E-state index in [9.17, 15) is 14.4 Å². The average molecular weight is 524 g/mol. The number of carbonyl (C=O) groups excluding carboxylic acids is 3. The number of unbranched alkanes of at least 4 members (excludes halogenated alkanes) is 1. The van der Waals surface area contributed by atoms with E-state index in [1.165, 1.54) is 0 Å². The topological polar surface area (TPSA) is 97.0 Å². The van der Waals surface area contributed by atoms with Gasteiger partial charge < -0.3 is 25.0 Å². The van der Waals surface area contributed by atoms with Crippen molar-refractivity contribution in [2.45, 2.75) is 65.0 Å². The summed E-state index contributed by atoms with van der Waals surface area (Å²) in [5.74, 6) is -0.382. The second-order valence-electron chi connectivity index (χ2n) is 10.2. The standard InChI is InChI=1S/C30H41N3O5/c1-5-37-29(36)30(18-10-19-30)28(35)32-25(12-8-9-20-33(3)4)27(34)31-24-16-14-23(15-17-24)21-38-26-13-7-6-11-22(26)2/h6-7,11,13-17,25H,5,8-10,12,18-21H2,1-4H3,(H,31,34)(H,32,35). The van der Waals surface area contributed by atoms with E-state index in [0.717, 1.165) is 42.7 Å². The number of ether oxygens (including phenoxy) is 2. The van der Waals surface area contributed by atoms with E-state index in [2.05, 4.69) is 15.5 Å². The SMILES string of the molecule is CCOC(=O)C1(C(=O)NC(CCCCN(C)C)C(=O)Nc2ccc(COc3ccccc3C)cc2)CCC1. The van der Waals surface area contributed by atoms with Crippen molar-refractivity contribution in [1.29, 1.82) is 0 Å². The highest BCUT2D eigenvalue weighted by Gasteiger charge is 2.52. The molecule has 1 unspecified atom stereocenters. The van der Waals surface area contributed by atoms with Crippen molar-refractivity contribution in [2.24, 2.45) is 5.41 Å². The van der Waals surface area contributed by atoms with Gasteiger partial charge in [-0.25, -0.2) is 0 Å². The predicted molar refractivity (Wildman–Crippen MR) is 148 cm³/mol. The van der Waals surface area contributed by atoms with Crippen molar-refractivity contribution in [3.63, 3.8) is 0 Å². The molecule has 1 fully saturated rings. The van der Waals surface area contributed by atoms with Crippen LogP contribution in [0.5, 0.6) is 5.75 Å². The Labute approximate surface area is 226 Å². The van der Waals surface area contributed by atoms with E-state index in [1.807, 2.05) is 69.6 Å². The summed E-state index contributed by atoms with van der Waals surface area (Å²) in [4.78, 5) is 41.1. The summed E-state index contributed by atoms with van der Waals surface area (Å²) in [7, 11) is 4.00. The zero-order chi connectivity index (χ0) is 27.5. The van der Waals surface area contributed by atoms with Crippen LogP contribution < -0.4 is 15.4 Å². The summed E-state index contributed by atoms with van der Waals surface area (Å²) in [6.07, 6.45) is 3.80. The number of carbonyl (C=O) groups is 3. The second kappa shape index (κ2) is 14.0. The summed E-state index contributed by atoms with van der Waals surface area (Å²) in [6.45, 7) is 5.25. The van der Waals surface area contributed by atoms with Crippen LogP contribution in [0.1, 0.15) is 56.6 Å². The fraction of sp³-hybridized carbons (Fsp3) is 0.500. The van der Waals surface area contributed by atoms with E-state index in [-0.39, 0.29) is 12.5 Å². The van der Waals surface area contributed by atoms with E-state index >= 15 is 0 Å². The lowest BCUT2D eigenvalue weighted by Gasteiger charge is -2.38. The van der Waals surface area contributed by atoms with Gasteiger partial charge in [0.15, 0.2) is 0 Å². The van der Waals surface area contributed by atoms with Crippen molar-refractivity contribution < 1.29 is 23.9 Å². The largest absolute Gasteiger partial charge is 0.489 e. The number of nitrogens with one attached hydrogen (secondary N) is 2. The van der Waals surface area contributed by atoms with Gasteiger partial charge in [0.2, 0.25) is 11.8 Å². The number of amides is 2. The summed E-state index contributed by atoms with van der Waals surface area (Å²) in [5.41, 5.74) is 1.49. The van der Waals surface area contributed by atoms with Crippen molar-refractivity contribution in [3.8, 4) is 5.75 Å². The minimum Gasteiger partial charge on any atom is -0.489 e. The third kappa shape index (κ3) is 7.81. The molecule has 3 rings (SSSR count). The van der Waals surface area contributed by atoms with Crippen molar-refractivity contribution in [1.82, 2.24) is 10.2 Å². The van der Waals surface area contributed by atoms with Crippen LogP contribution in [0, 0.1) is 12.3 Å². The number of rotatable bonds is 14. The maximum absolute atomic E-state index is 13.3. The first-order chi connectivity index (χ1) is 18.2. The van der Waals surface area contributed by atoms with Crippen LogP contribution >= 0.6 is 0 Å². The molecule has 0 aliphatic heterocycles. The van der Waals surface area contributed by atoms with Crippen molar-refractivity contribution in [3.05, 3.63) is 59.7 Å². The lowest BCUT2D eigenvalue weighted by atomic mass is 9.68. The van der Waals surface area contributed by atoms with E-state index in [1.54, 1.807) is 6.92 Å². The van der Waals surface area contributed by atoms with Crippen LogP contribution in [0.4, 0.5) is 5.69 Å². The lowest BCUT2D eigenvalue weighted by molar-refractivity contribution is -0.167. The number of anilines is 1. The van der Waals surface area contributed by atoms with Gasteiger partial charge in [-0.1, -0.05) is 36.8 Å². The molecule has 8 nitrogen and oxygen atoms in total. The average Bonchev–Trinajstić information content (AvgIpc) is 2.85. The maximum Gasteiger partial charge on any atom is 0.321 e. The van der Waals surface area contributed by atoms with Crippen LogP contribution in [0.2, 0.25) is 0 Å². The van der Waals surface area contributed by atoms with Gasteiger partial charge in [-0.3, -0.25) is 14.4 Å². The van der Waals surface area contributed by atoms with Gasteiger partial charge in [0.1, 0.15) is 23.8 Å². The first-order valence-corrected chi connectivity index (χ1v) is 13.5. The van der Waals surface area contributed by atoms with Crippen LogP contribution in [-0.2, 0) is 25.7 Å². The number of nitrogens with zero attached hydrogens (tertiary/aromatic N) is 1. The summed E-state index contributed by atoms with van der Waals surface area (Å²) < 4.78 is 11.1. The van der Waals surface area contributed by atoms with Crippen LogP contribution in [0.25, 0.3) is 0 Å². The monoisotopic (exact) mass is 523 g/mol. The lowest BCUT2D eigenvalue weighted by Crippen LogP contribution is -2.56. The normalized spacial score (nSPS) is 14.8. The molecule has 0 bridgehead atoms. The Balaban J connectivity index is 1.63. The molecule has 0 heterocycles. The molecule has 38 heavy (non-hydrogen) atoms. The molecule has 0 saturated heterocycles. The fourth-order valence-corrected chi connectivity index (χ4v) is 4.46. The predicted octanol–water partition coefficient (Wildman–Crippen LogP) is 4.46. The molecule has 1 aliphatic rings. The Kier molecular flexibility index (Phi) is 10.7. The Morgan fingerprint density at radius 3 is 2.34 bits per heavy atom. The van der Waals surface area contributed by atoms with Gasteiger partial charge >= 0.3 is 5.97 Å². The Hall–Kier alpha value is -3.39. The molecule has 0 radical (unpaired) electrons.